The largest absolute Gasteiger partial charge is 0.373 e. The molecule has 0 spiro atoms. The topological polar surface area (TPSA) is 52.3 Å². The molecule has 1 aromatic heterocycles. The van der Waals surface area contributed by atoms with E-state index >= 15 is 0 Å². The summed E-state index contributed by atoms with van der Waals surface area (Å²) in [6.45, 7) is 2.87. The molecule has 2 fully saturated rings. The monoisotopic (exact) mass is 428 g/mol. The molecule has 2 bridgehead atoms. The average molecular weight is 429 g/mol. The van der Waals surface area contributed by atoms with Gasteiger partial charge in [-0.3, -0.25) is 9.47 Å². The molecule has 4 heterocycles. The number of hydrogen-bond donors (Lipinski definition) is 0. The Kier molecular flexibility index (Phi) is 6.23. The van der Waals surface area contributed by atoms with Gasteiger partial charge in [0, 0.05) is 43.7 Å². The minimum atomic E-state index is -0.185. The fraction of sp³-hybridized carbons (Fsp3) is 0.667. The Hall–Kier alpha value is -1.99. The maximum atomic E-state index is 13.9. The number of benzene rings is 1. The van der Waals surface area contributed by atoms with Crippen molar-refractivity contribution in [3.8, 4) is 0 Å². The van der Waals surface area contributed by atoms with Gasteiger partial charge in [0.15, 0.2) is 0 Å². The van der Waals surface area contributed by atoms with E-state index in [1.54, 1.807) is 16.8 Å². The van der Waals surface area contributed by atoms with Crippen molar-refractivity contribution in [2.75, 3.05) is 6.54 Å². The Morgan fingerprint density at radius 3 is 2.68 bits per heavy atom. The highest BCUT2D eigenvalue weighted by molar-refractivity contribution is 5.16. The van der Waals surface area contributed by atoms with E-state index in [1.165, 1.54) is 25.3 Å². The van der Waals surface area contributed by atoms with Gasteiger partial charge >= 0.3 is 5.69 Å². The number of rotatable bonds is 7. The first kappa shape index (κ1) is 20.9. The molecule has 3 aliphatic rings. The van der Waals surface area contributed by atoms with E-state index in [0.29, 0.717) is 30.8 Å². The first-order chi connectivity index (χ1) is 15.2. The maximum Gasteiger partial charge on any atom is 0.345 e. The predicted octanol–water partition coefficient (Wildman–Crippen LogP) is 3.51. The van der Waals surface area contributed by atoms with Crippen molar-refractivity contribution in [3.05, 3.63) is 52.0 Å². The molecule has 2 saturated heterocycles. The van der Waals surface area contributed by atoms with E-state index in [-0.39, 0.29) is 17.6 Å². The van der Waals surface area contributed by atoms with Crippen molar-refractivity contribution >= 4 is 0 Å². The number of aromatic nitrogens is 3. The van der Waals surface area contributed by atoms with Crippen LogP contribution in [0.4, 0.5) is 4.39 Å². The van der Waals surface area contributed by atoms with Crippen LogP contribution in [0.15, 0.2) is 29.1 Å². The van der Waals surface area contributed by atoms with Gasteiger partial charge in [0.1, 0.15) is 11.6 Å². The molecule has 2 atom stereocenters. The minimum Gasteiger partial charge on any atom is -0.373 e. The third-order valence-electron chi connectivity index (χ3n) is 7.34. The molecule has 0 radical (unpaired) electrons. The molecule has 6 nitrogen and oxygen atoms in total. The van der Waals surface area contributed by atoms with Crippen LogP contribution in [-0.4, -0.2) is 44.0 Å². The summed E-state index contributed by atoms with van der Waals surface area (Å²) in [5.74, 6) is 0.783. The highest BCUT2D eigenvalue weighted by Crippen LogP contribution is 2.37. The van der Waals surface area contributed by atoms with Crippen LogP contribution in [0, 0.1) is 5.82 Å². The fourth-order valence-corrected chi connectivity index (χ4v) is 5.72. The van der Waals surface area contributed by atoms with E-state index in [9.17, 15) is 9.18 Å². The summed E-state index contributed by atoms with van der Waals surface area (Å²) in [6.07, 6.45) is 9.94. The van der Waals surface area contributed by atoms with Crippen LogP contribution in [0.2, 0.25) is 0 Å². The smallest absolute Gasteiger partial charge is 0.345 e. The first-order valence-electron chi connectivity index (χ1n) is 12.0. The second kappa shape index (κ2) is 9.25. The van der Waals surface area contributed by atoms with Gasteiger partial charge in [0.25, 0.3) is 0 Å². The van der Waals surface area contributed by atoms with Crippen LogP contribution in [-0.2, 0) is 30.9 Å². The molecule has 7 heteroatoms. The fourth-order valence-electron chi connectivity index (χ4n) is 5.72. The Labute approximate surface area is 183 Å². The summed E-state index contributed by atoms with van der Waals surface area (Å²) >= 11 is 0. The van der Waals surface area contributed by atoms with Crippen molar-refractivity contribution < 1.29 is 9.13 Å². The van der Waals surface area contributed by atoms with Crippen LogP contribution in [0.5, 0.6) is 0 Å². The van der Waals surface area contributed by atoms with Gasteiger partial charge in [-0.15, -0.1) is 0 Å². The predicted molar refractivity (Wildman–Crippen MR) is 116 cm³/mol. The van der Waals surface area contributed by atoms with Gasteiger partial charge in [0.05, 0.1) is 12.7 Å². The SMILES string of the molecule is O=c1n(CCCN2C3CCC2CC(OCc2ccccc2F)C3)nc2n1CCCCC2. The third kappa shape index (κ3) is 4.48. The molecule has 0 N–H and O–H groups in total. The summed E-state index contributed by atoms with van der Waals surface area (Å²) in [5.41, 5.74) is 0.710. The van der Waals surface area contributed by atoms with Crippen molar-refractivity contribution in [2.45, 2.75) is 95.7 Å². The number of fused-ring (bicyclic) bond motifs is 3. The maximum absolute atomic E-state index is 13.9. The summed E-state index contributed by atoms with van der Waals surface area (Å²) in [5, 5.41) is 4.62. The molecule has 0 amide bonds. The van der Waals surface area contributed by atoms with Crippen molar-refractivity contribution in [2.24, 2.45) is 0 Å². The second-order valence-corrected chi connectivity index (χ2v) is 9.36. The zero-order chi connectivity index (χ0) is 21.2. The highest BCUT2D eigenvalue weighted by Gasteiger charge is 2.40. The van der Waals surface area contributed by atoms with E-state index < -0.39 is 0 Å². The van der Waals surface area contributed by atoms with Gasteiger partial charge in [-0.1, -0.05) is 24.6 Å². The lowest BCUT2D eigenvalue weighted by atomic mass is 9.99. The lowest BCUT2D eigenvalue weighted by Gasteiger charge is -2.38. The first-order valence-corrected chi connectivity index (χ1v) is 12.0. The van der Waals surface area contributed by atoms with E-state index in [1.807, 2.05) is 10.6 Å². The van der Waals surface area contributed by atoms with Crippen molar-refractivity contribution in [1.82, 2.24) is 19.2 Å². The number of halogens is 1. The number of hydrogen-bond acceptors (Lipinski definition) is 4. The Morgan fingerprint density at radius 1 is 1.06 bits per heavy atom. The Balaban J connectivity index is 1.12. The lowest BCUT2D eigenvalue weighted by molar-refractivity contribution is -0.0293. The molecule has 2 aromatic rings. The molecule has 5 rings (SSSR count). The minimum absolute atomic E-state index is 0.0696. The van der Waals surface area contributed by atoms with Gasteiger partial charge in [-0.2, -0.15) is 5.10 Å². The summed E-state index contributed by atoms with van der Waals surface area (Å²) < 4.78 is 23.5. The molecule has 0 aliphatic carbocycles. The number of aryl methyl sites for hydroxylation is 2. The molecule has 3 aliphatic heterocycles. The second-order valence-electron chi connectivity index (χ2n) is 9.36. The van der Waals surface area contributed by atoms with Crippen molar-refractivity contribution in [1.29, 1.82) is 0 Å². The standard InChI is InChI=1S/C24H33FN4O2/c25-22-8-4-3-7-18(22)17-31-21-15-19-10-11-20(16-21)27(19)13-6-14-29-24(30)28-12-5-1-2-9-23(28)26-29/h3-4,7-8,19-21H,1-2,5-6,9-17H2. The molecule has 2 unspecified atom stereocenters. The van der Waals surface area contributed by atoms with Crippen LogP contribution in [0.25, 0.3) is 0 Å². The van der Waals surface area contributed by atoms with Gasteiger partial charge in [-0.05, 0) is 51.0 Å². The van der Waals surface area contributed by atoms with Crippen molar-refractivity contribution in [3.63, 3.8) is 0 Å². The van der Waals surface area contributed by atoms with E-state index in [0.717, 1.165) is 57.4 Å². The molecular weight excluding hydrogens is 395 g/mol. The molecular formula is C24H33FN4O2. The lowest BCUT2D eigenvalue weighted by Crippen LogP contribution is -2.46. The normalized spacial score (nSPS) is 26.0. The zero-order valence-electron chi connectivity index (χ0n) is 18.2. The molecule has 31 heavy (non-hydrogen) atoms. The van der Waals surface area contributed by atoms with Gasteiger partial charge in [-0.25, -0.2) is 13.9 Å². The highest BCUT2D eigenvalue weighted by atomic mass is 19.1. The van der Waals surface area contributed by atoms with Crippen LogP contribution >= 0.6 is 0 Å². The third-order valence-corrected chi connectivity index (χ3v) is 7.34. The van der Waals surface area contributed by atoms with E-state index in [2.05, 4.69) is 10.00 Å². The van der Waals surface area contributed by atoms with Crippen LogP contribution < -0.4 is 5.69 Å². The molecule has 1 aromatic carbocycles. The quantitative estimate of drug-likeness (QED) is 0.677. The van der Waals surface area contributed by atoms with E-state index in [4.69, 9.17) is 4.74 Å². The number of piperidine rings is 1. The Bertz CT molecular complexity index is 941. The average Bonchev–Trinajstić information content (AvgIpc) is 3.07. The summed E-state index contributed by atoms with van der Waals surface area (Å²) in [7, 11) is 0. The molecule has 0 saturated carbocycles. The van der Waals surface area contributed by atoms with Crippen LogP contribution in [0.1, 0.15) is 62.8 Å². The van der Waals surface area contributed by atoms with Crippen LogP contribution in [0.3, 0.4) is 0 Å². The number of ether oxygens (including phenoxy) is 1. The Morgan fingerprint density at radius 2 is 1.87 bits per heavy atom. The zero-order valence-corrected chi connectivity index (χ0v) is 18.2. The van der Waals surface area contributed by atoms with Gasteiger partial charge < -0.3 is 4.74 Å². The van der Waals surface area contributed by atoms with Gasteiger partial charge in [0.2, 0.25) is 0 Å². The molecule has 168 valence electrons. The number of nitrogens with zero attached hydrogens (tertiary/aromatic N) is 4. The summed E-state index contributed by atoms with van der Waals surface area (Å²) in [6, 6.07) is 7.95. The summed E-state index contributed by atoms with van der Waals surface area (Å²) in [4.78, 5) is 15.3.